The van der Waals surface area contributed by atoms with Crippen molar-refractivity contribution in [3.63, 3.8) is 0 Å². The first-order valence-electron chi connectivity index (χ1n) is 6.32. The molecule has 1 rings (SSSR count). The molecule has 1 saturated heterocycles. The molecule has 4 heteroatoms. The molecule has 4 nitrogen and oxygen atoms in total. The van der Waals surface area contributed by atoms with Crippen LogP contribution in [0.2, 0.25) is 0 Å². The van der Waals surface area contributed by atoms with Crippen LogP contribution < -0.4 is 0 Å². The summed E-state index contributed by atoms with van der Waals surface area (Å²) < 4.78 is 0. The summed E-state index contributed by atoms with van der Waals surface area (Å²) in [6, 6.07) is 2.76. The van der Waals surface area contributed by atoms with Gasteiger partial charge in [-0.2, -0.15) is 5.26 Å². The Morgan fingerprint density at radius 3 is 2.65 bits per heavy atom. The second-order valence-electron chi connectivity index (χ2n) is 6.05. The lowest BCUT2D eigenvalue weighted by Gasteiger charge is -2.28. The Balaban J connectivity index is 2.48. The zero-order valence-corrected chi connectivity index (χ0v) is 11.5. The number of aliphatic hydroxyl groups excluding tert-OH is 1. The molecule has 1 aliphatic heterocycles. The molecular weight excluding hydrogens is 214 g/mol. The molecule has 0 aromatic rings. The molecule has 0 radical (unpaired) electrons. The molecule has 0 aromatic carbocycles. The highest BCUT2D eigenvalue weighted by atomic mass is 16.3. The molecule has 0 spiro atoms. The van der Waals surface area contributed by atoms with Crippen LogP contribution in [-0.4, -0.2) is 60.8 Å². The highest BCUT2D eigenvalue weighted by Crippen LogP contribution is 2.24. The zero-order valence-electron chi connectivity index (χ0n) is 11.5. The molecule has 17 heavy (non-hydrogen) atoms. The molecule has 1 aliphatic rings. The van der Waals surface area contributed by atoms with Crippen molar-refractivity contribution in [2.45, 2.75) is 38.8 Å². The quantitative estimate of drug-likeness (QED) is 0.775. The average molecular weight is 239 g/mol. The zero-order chi connectivity index (χ0) is 13.1. The summed E-state index contributed by atoms with van der Waals surface area (Å²) in [4.78, 5) is 4.48. The first-order valence-corrected chi connectivity index (χ1v) is 6.32. The lowest BCUT2D eigenvalue weighted by molar-refractivity contribution is 0.165. The van der Waals surface area contributed by atoms with Crippen LogP contribution in [0.5, 0.6) is 0 Å². The summed E-state index contributed by atoms with van der Waals surface area (Å²) in [6.45, 7) is 6.57. The number of likely N-dealkylation sites (N-methyl/N-ethyl adjacent to an activating group) is 1. The van der Waals surface area contributed by atoms with Crippen LogP contribution in [0.1, 0.15) is 26.7 Å². The summed E-state index contributed by atoms with van der Waals surface area (Å²) in [7, 11) is 4.12. The number of hydrogen-bond acceptors (Lipinski definition) is 4. The third-order valence-electron chi connectivity index (χ3n) is 3.41. The summed E-state index contributed by atoms with van der Waals surface area (Å²) in [6.07, 6.45) is 1.51. The largest absolute Gasteiger partial charge is 0.392 e. The first-order chi connectivity index (χ1) is 7.84. The van der Waals surface area contributed by atoms with Crippen LogP contribution in [0, 0.1) is 16.7 Å². The number of aliphatic hydroxyl groups is 1. The molecule has 1 heterocycles. The molecule has 0 amide bonds. The minimum absolute atomic E-state index is 0.204. The normalized spacial score (nSPS) is 26.4. The molecule has 0 bridgehead atoms. The highest BCUT2D eigenvalue weighted by Gasteiger charge is 2.32. The molecule has 0 saturated carbocycles. The molecule has 2 unspecified atom stereocenters. The lowest BCUT2D eigenvalue weighted by Crippen LogP contribution is -2.39. The van der Waals surface area contributed by atoms with E-state index in [0.717, 1.165) is 32.5 Å². The number of rotatable bonds is 5. The number of nitrogens with zero attached hydrogens (tertiary/aromatic N) is 3. The van der Waals surface area contributed by atoms with Gasteiger partial charge in [-0.05, 0) is 40.8 Å². The summed E-state index contributed by atoms with van der Waals surface area (Å²) in [5.74, 6) is 0. The number of β-amino-alcohol motifs (C(OH)–C–C–N with tert-alkyl or cyclic N) is 1. The van der Waals surface area contributed by atoms with E-state index in [1.165, 1.54) is 0 Å². The van der Waals surface area contributed by atoms with Crippen molar-refractivity contribution in [3.05, 3.63) is 0 Å². The van der Waals surface area contributed by atoms with Crippen LogP contribution in [0.15, 0.2) is 0 Å². The summed E-state index contributed by atoms with van der Waals surface area (Å²) >= 11 is 0. The van der Waals surface area contributed by atoms with E-state index in [-0.39, 0.29) is 11.5 Å². The monoisotopic (exact) mass is 239 g/mol. The Hall–Kier alpha value is -0.630. The van der Waals surface area contributed by atoms with Gasteiger partial charge in [-0.25, -0.2) is 0 Å². The van der Waals surface area contributed by atoms with Gasteiger partial charge in [-0.15, -0.1) is 0 Å². The van der Waals surface area contributed by atoms with Gasteiger partial charge in [0.05, 0.1) is 17.6 Å². The van der Waals surface area contributed by atoms with Crippen LogP contribution in [0.25, 0.3) is 0 Å². The van der Waals surface area contributed by atoms with Gasteiger partial charge in [0.2, 0.25) is 0 Å². The van der Waals surface area contributed by atoms with E-state index in [0.29, 0.717) is 6.04 Å². The van der Waals surface area contributed by atoms with Gasteiger partial charge in [0.1, 0.15) is 0 Å². The Kier molecular flexibility index (Phi) is 4.93. The van der Waals surface area contributed by atoms with Crippen molar-refractivity contribution in [2.24, 2.45) is 5.41 Å². The van der Waals surface area contributed by atoms with Crippen molar-refractivity contribution in [1.82, 2.24) is 9.80 Å². The SMILES string of the molecule is CN(C)CC1CC(O)CN1CCC(C)(C)C#N. The topological polar surface area (TPSA) is 50.5 Å². The minimum Gasteiger partial charge on any atom is -0.392 e. The predicted octanol–water partition coefficient (Wildman–Crippen LogP) is 0.923. The standard InChI is InChI=1S/C13H25N3O/c1-13(2,10-14)5-6-16-9-12(17)7-11(16)8-15(3)4/h11-12,17H,5-9H2,1-4H3. The fourth-order valence-corrected chi connectivity index (χ4v) is 2.32. The van der Waals surface area contributed by atoms with Crippen LogP contribution in [0.4, 0.5) is 0 Å². The van der Waals surface area contributed by atoms with E-state index in [1.54, 1.807) is 0 Å². The summed E-state index contributed by atoms with van der Waals surface area (Å²) in [5.41, 5.74) is -0.268. The van der Waals surface area contributed by atoms with Gasteiger partial charge in [0.15, 0.2) is 0 Å². The fraction of sp³-hybridized carbons (Fsp3) is 0.923. The predicted molar refractivity (Wildman–Crippen MR) is 68.5 cm³/mol. The minimum atomic E-state index is -0.268. The van der Waals surface area contributed by atoms with Crippen LogP contribution in [0.3, 0.4) is 0 Å². The maximum atomic E-state index is 9.74. The maximum Gasteiger partial charge on any atom is 0.0684 e. The van der Waals surface area contributed by atoms with Gasteiger partial charge in [0, 0.05) is 25.7 Å². The van der Waals surface area contributed by atoms with Crippen LogP contribution in [-0.2, 0) is 0 Å². The molecule has 2 atom stereocenters. The molecule has 0 aromatic heterocycles. The van der Waals surface area contributed by atoms with Crippen molar-refractivity contribution >= 4 is 0 Å². The molecule has 1 N–H and O–H groups in total. The van der Waals surface area contributed by atoms with E-state index >= 15 is 0 Å². The van der Waals surface area contributed by atoms with E-state index in [2.05, 4.69) is 30.0 Å². The maximum absolute atomic E-state index is 9.74. The Morgan fingerprint density at radius 1 is 1.47 bits per heavy atom. The lowest BCUT2D eigenvalue weighted by atomic mass is 9.91. The number of nitriles is 1. The molecule has 0 aliphatic carbocycles. The van der Waals surface area contributed by atoms with Crippen LogP contribution >= 0.6 is 0 Å². The smallest absolute Gasteiger partial charge is 0.0684 e. The third-order valence-corrected chi connectivity index (χ3v) is 3.41. The van der Waals surface area contributed by atoms with E-state index in [4.69, 9.17) is 5.26 Å². The van der Waals surface area contributed by atoms with Gasteiger partial charge < -0.3 is 10.0 Å². The van der Waals surface area contributed by atoms with Gasteiger partial charge in [-0.1, -0.05) is 0 Å². The van der Waals surface area contributed by atoms with Crippen molar-refractivity contribution < 1.29 is 5.11 Å². The van der Waals surface area contributed by atoms with Crippen molar-refractivity contribution in [2.75, 3.05) is 33.7 Å². The first kappa shape index (κ1) is 14.4. The van der Waals surface area contributed by atoms with Gasteiger partial charge >= 0.3 is 0 Å². The number of likely N-dealkylation sites (tertiary alicyclic amines) is 1. The number of hydrogen-bond donors (Lipinski definition) is 1. The average Bonchev–Trinajstić information content (AvgIpc) is 2.55. The van der Waals surface area contributed by atoms with E-state index < -0.39 is 0 Å². The van der Waals surface area contributed by atoms with Gasteiger partial charge in [0.25, 0.3) is 0 Å². The Labute approximate surface area is 105 Å². The van der Waals surface area contributed by atoms with Crippen molar-refractivity contribution in [1.29, 1.82) is 5.26 Å². The fourth-order valence-electron chi connectivity index (χ4n) is 2.32. The Morgan fingerprint density at radius 2 is 2.12 bits per heavy atom. The third kappa shape index (κ3) is 4.63. The van der Waals surface area contributed by atoms with E-state index in [9.17, 15) is 5.11 Å². The Bertz CT molecular complexity index is 283. The highest BCUT2D eigenvalue weighted by molar-refractivity contribution is 4.94. The second kappa shape index (κ2) is 5.81. The molecule has 98 valence electrons. The van der Waals surface area contributed by atoms with Gasteiger partial charge in [-0.3, -0.25) is 4.90 Å². The molecule has 1 fully saturated rings. The van der Waals surface area contributed by atoms with E-state index in [1.807, 2.05) is 13.8 Å². The summed E-state index contributed by atoms with van der Waals surface area (Å²) in [5, 5.41) is 18.7. The second-order valence-corrected chi connectivity index (χ2v) is 6.05. The van der Waals surface area contributed by atoms with Crippen molar-refractivity contribution in [3.8, 4) is 6.07 Å². The molecular formula is C13H25N3O.